The molecule has 1 aromatic heterocycles. The molecule has 3 rings (SSSR count). The van der Waals surface area contributed by atoms with Crippen molar-refractivity contribution in [2.45, 2.75) is 18.9 Å². The SMILES string of the molecule is O=C(c1n[nH]c(=O)c2ccccc12)N1CCC[C@H](O)C1. The Kier molecular flexibility index (Phi) is 3.23. The van der Waals surface area contributed by atoms with Crippen molar-refractivity contribution in [2.75, 3.05) is 13.1 Å². The molecule has 0 saturated carbocycles. The van der Waals surface area contributed by atoms with Gasteiger partial charge in [-0.1, -0.05) is 18.2 Å². The zero-order chi connectivity index (χ0) is 14.1. The van der Waals surface area contributed by atoms with Crippen LogP contribution in [0, 0.1) is 0 Å². The number of H-pyrrole nitrogens is 1. The second kappa shape index (κ2) is 5.05. The van der Waals surface area contributed by atoms with E-state index in [0.717, 1.165) is 6.42 Å². The number of aromatic nitrogens is 2. The van der Waals surface area contributed by atoms with Crippen molar-refractivity contribution in [2.24, 2.45) is 0 Å². The molecule has 0 spiro atoms. The van der Waals surface area contributed by atoms with Crippen molar-refractivity contribution in [1.82, 2.24) is 15.1 Å². The number of hydrogen-bond donors (Lipinski definition) is 2. The van der Waals surface area contributed by atoms with Crippen LogP contribution < -0.4 is 5.56 Å². The van der Waals surface area contributed by atoms with Crippen LogP contribution in [-0.2, 0) is 0 Å². The highest BCUT2D eigenvalue weighted by molar-refractivity contribution is 6.04. The normalized spacial score (nSPS) is 19.2. The molecule has 0 radical (unpaired) electrons. The van der Waals surface area contributed by atoms with E-state index in [9.17, 15) is 14.7 Å². The van der Waals surface area contributed by atoms with E-state index >= 15 is 0 Å². The number of piperidine rings is 1. The van der Waals surface area contributed by atoms with E-state index in [4.69, 9.17) is 0 Å². The van der Waals surface area contributed by atoms with Gasteiger partial charge in [-0.05, 0) is 18.9 Å². The molecule has 104 valence electrons. The van der Waals surface area contributed by atoms with Crippen LogP contribution in [-0.4, -0.2) is 45.3 Å². The van der Waals surface area contributed by atoms with E-state index < -0.39 is 6.10 Å². The van der Waals surface area contributed by atoms with Crippen molar-refractivity contribution in [3.63, 3.8) is 0 Å². The highest BCUT2D eigenvalue weighted by Gasteiger charge is 2.25. The summed E-state index contributed by atoms with van der Waals surface area (Å²) in [5.41, 5.74) is -0.0786. The predicted octanol–water partition coefficient (Wildman–Crippen LogP) is 0.520. The first-order chi connectivity index (χ1) is 9.66. The maximum Gasteiger partial charge on any atom is 0.275 e. The minimum atomic E-state index is -0.485. The monoisotopic (exact) mass is 273 g/mol. The molecular weight excluding hydrogens is 258 g/mol. The molecule has 0 aliphatic carbocycles. The average Bonchev–Trinajstić information content (AvgIpc) is 2.47. The summed E-state index contributed by atoms with van der Waals surface area (Å²) >= 11 is 0. The van der Waals surface area contributed by atoms with E-state index in [1.807, 2.05) is 0 Å². The van der Waals surface area contributed by atoms with Gasteiger partial charge in [-0.3, -0.25) is 9.59 Å². The summed E-state index contributed by atoms with van der Waals surface area (Å²) in [4.78, 5) is 25.8. The zero-order valence-electron chi connectivity index (χ0n) is 10.9. The molecule has 1 amide bonds. The zero-order valence-corrected chi connectivity index (χ0v) is 10.9. The van der Waals surface area contributed by atoms with Gasteiger partial charge in [-0.2, -0.15) is 5.10 Å². The molecule has 6 nitrogen and oxygen atoms in total. The van der Waals surface area contributed by atoms with Crippen molar-refractivity contribution >= 4 is 16.7 Å². The minimum Gasteiger partial charge on any atom is -0.391 e. The average molecular weight is 273 g/mol. The van der Waals surface area contributed by atoms with E-state index in [0.29, 0.717) is 30.3 Å². The van der Waals surface area contributed by atoms with Crippen LogP contribution in [0.3, 0.4) is 0 Å². The number of likely N-dealkylation sites (tertiary alicyclic amines) is 1. The van der Waals surface area contributed by atoms with Gasteiger partial charge in [0.25, 0.3) is 11.5 Å². The topological polar surface area (TPSA) is 86.3 Å². The van der Waals surface area contributed by atoms with Gasteiger partial charge < -0.3 is 10.0 Å². The number of amides is 1. The van der Waals surface area contributed by atoms with Crippen molar-refractivity contribution in [1.29, 1.82) is 0 Å². The number of aromatic amines is 1. The summed E-state index contributed by atoms with van der Waals surface area (Å²) in [5.74, 6) is -0.254. The lowest BCUT2D eigenvalue weighted by Crippen LogP contribution is -2.42. The molecule has 20 heavy (non-hydrogen) atoms. The van der Waals surface area contributed by atoms with Gasteiger partial charge in [0.1, 0.15) is 0 Å². The van der Waals surface area contributed by atoms with Crippen LogP contribution in [0.15, 0.2) is 29.1 Å². The molecule has 1 saturated heterocycles. The van der Waals surface area contributed by atoms with Crippen LogP contribution in [0.4, 0.5) is 0 Å². The van der Waals surface area contributed by atoms with Crippen LogP contribution in [0.1, 0.15) is 23.3 Å². The van der Waals surface area contributed by atoms with Gasteiger partial charge in [0.2, 0.25) is 0 Å². The Morgan fingerprint density at radius 3 is 2.85 bits per heavy atom. The Balaban J connectivity index is 2.04. The van der Waals surface area contributed by atoms with Gasteiger partial charge in [-0.15, -0.1) is 0 Å². The summed E-state index contributed by atoms with van der Waals surface area (Å²) in [6, 6.07) is 6.89. The van der Waals surface area contributed by atoms with Gasteiger partial charge >= 0.3 is 0 Å². The number of nitrogens with zero attached hydrogens (tertiary/aromatic N) is 2. The van der Waals surface area contributed by atoms with Gasteiger partial charge in [0.15, 0.2) is 5.69 Å². The molecule has 0 bridgehead atoms. The lowest BCUT2D eigenvalue weighted by molar-refractivity contribution is 0.0470. The van der Waals surface area contributed by atoms with Crippen molar-refractivity contribution < 1.29 is 9.90 Å². The number of carbonyl (C=O) groups is 1. The van der Waals surface area contributed by atoms with Crippen molar-refractivity contribution in [3.05, 3.63) is 40.3 Å². The number of nitrogens with one attached hydrogen (secondary N) is 1. The van der Waals surface area contributed by atoms with E-state index in [-0.39, 0.29) is 17.2 Å². The molecular formula is C14H15N3O3. The summed E-state index contributed by atoms with van der Waals surface area (Å²) in [6.07, 6.45) is 0.999. The third-order valence-electron chi connectivity index (χ3n) is 3.58. The third kappa shape index (κ3) is 2.18. The highest BCUT2D eigenvalue weighted by atomic mass is 16.3. The summed E-state index contributed by atoms with van der Waals surface area (Å²) < 4.78 is 0. The molecule has 2 heterocycles. The van der Waals surface area contributed by atoms with Crippen LogP contribution in [0.2, 0.25) is 0 Å². The van der Waals surface area contributed by atoms with Gasteiger partial charge in [0.05, 0.1) is 11.5 Å². The summed E-state index contributed by atoms with van der Waals surface area (Å²) in [6.45, 7) is 0.916. The predicted molar refractivity (Wildman–Crippen MR) is 73.5 cm³/mol. The quantitative estimate of drug-likeness (QED) is 0.793. The van der Waals surface area contributed by atoms with E-state index in [1.54, 1.807) is 29.2 Å². The van der Waals surface area contributed by atoms with Gasteiger partial charge in [0, 0.05) is 18.5 Å². The van der Waals surface area contributed by atoms with Gasteiger partial charge in [-0.25, -0.2) is 5.10 Å². The third-order valence-corrected chi connectivity index (χ3v) is 3.58. The molecule has 6 heteroatoms. The van der Waals surface area contributed by atoms with Crippen LogP contribution in [0.25, 0.3) is 10.8 Å². The number of fused-ring (bicyclic) bond motifs is 1. The molecule has 1 atom stereocenters. The molecule has 2 aromatic rings. The fourth-order valence-corrected chi connectivity index (χ4v) is 2.57. The molecule has 0 unspecified atom stereocenters. The van der Waals surface area contributed by atoms with Crippen LogP contribution >= 0.6 is 0 Å². The first-order valence-electron chi connectivity index (χ1n) is 6.61. The number of carbonyl (C=O) groups excluding carboxylic acids is 1. The van der Waals surface area contributed by atoms with Crippen LogP contribution in [0.5, 0.6) is 0 Å². The number of hydrogen-bond acceptors (Lipinski definition) is 4. The van der Waals surface area contributed by atoms with E-state index in [1.165, 1.54) is 0 Å². The number of β-amino-alcohol motifs (C(OH)–C–C–N with tert-alkyl or cyclic N) is 1. The molecule has 1 aliphatic rings. The number of aliphatic hydroxyl groups excluding tert-OH is 1. The Bertz CT molecular complexity index is 710. The maximum absolute atomic E-state index is 12.5. The molecule has 2 N–H and O–H groups in total. The smallest absolute Gasteiger partial charge is 0.275 e. The number of aliphatic hydroxyl groups is 1. The van der Waals surface area contributed by atoms with E-state index in [2.05, 4.69) is 10.2 Å². The Morgan fingerprint density at radius 1 is 1.35 bits per heavy atom. The Morgan fingerprint density at radius 2 is 2.10 bits per heavy atom. The fraction of sp³-hybridized carbons (Fsp3) is 0.357. The Labute approximate surface area is 115 Å². The standard InChI is InChI=1S/C14H15N3O3/c18-9-4-3-7-17(8-9)14(20)12-10-5-1-2-6-11(10)13(19)16-15-12/h1-2,5-6,9,18H,3-4,7-8H2,(H,16,19)/t9-/m0/s1. The first-order valence-corrected chi connectivity index (χ1v) is 6.61. The lowest BCUT2D eigenvalue weighted by Gasteiger charge is -2.29. The number of rotatable bonds is 1. The highest BCUT2D eigenvalue weighted by Crippen LogP contribution is 2.17. The fourth-order valence-electron chi connectivity index (χ4n) is 2.57. The summed E-state index contributed by atoms with van der Waals surface area (Å²) in [7, 11) is 0. The first kappa shape index (κ1) is 12.8. The van der Waals surface area contributed by atoms with Crippen molar-refractivity contribution in [3.8, 4) is 0 Å². The second-order valence-electron chi connectivity index (χ2n) is 4.99. The number of benzene rings is 1. The largest absolute Gasteiger partial charge is 0.391 e. The summed E-state index contributed by atoms with van der Waals surface area (Å²) in [5, 5.41) is 16.9. The maximum atomic E-state index is 12.5. The molecule has 1 aliphatic heterocycles. The molecule has 1 aromatic carbocycles. The Hall–Kier alpha value is -2.21. The lowest BCUT2D eigenvalue weighted by atomic mass is 10.1. The second-order valence-corrected chi connectivity index (χ2v) is 4.99. The molecule has 1 fully saturated rings. The minimum absolute atomic E-state index is 0.231.